The summed E-state index contributed by atoms with van der Waals surface area (Å²) in [5, 5.41) is 5.12. The lowest BCUT2D eigenvalue weighted by molar-refractivity contribution is -0.120. The summed E-state index contributed by atoms with van der Waals surface area (Å²) in [4.78, 5) is 23.2. The van der Waals surface area contributed by atoms with Gasteiger partial charge in [-0.25, -0.2) is 4.79 Å². The average molecular weight is 342 g/mol. The highest BCUT2D eigenvalue weighted by molar-refractivity contribution is 5.82. The summed E-state index contributed by atoms with van der Waals surface area (Å²) >= 11 is 0. The van der Waals surface area contributed by atoms with Crippen molar-refractivity contribution < 1.29 is 19.1 Å². The van der Waals surface area contributed by atoms with Crippen LogP contribution in [0.4, 0.5) is 4.79 Å². The van der Waals surface area contributed by atoms with Crippen LogP contribution in [0.25, 0.3) is 0 Å². The fraction of sp³-hybridized carbons (Fsp3) is 0.263. The van der Waals surface area contributed by atoms with Crippen molar-refractivity contribution in [3.05, 3.63) is 66.2 Å². The summed E-state index contributed by atoms with van der Waals surface area (Å²) in [5.41, 5.74) is 0.889. The summed E-state index contributed by atoms with van der Waals surface area (Å²) in [5.74, 6) is 0.535. The Morgan fingerprint density at radius 3 is 2.28 bits per heavy atom. The van der Waals surface area contributed by atoms with E-state index < -0.39 is 6.09 Å². The molecule has 0 heterocycles. The number of amides is 2. The largest absolute Gasteiger partial charge is 0.494 e. The number of ether oxygens (including phenoxy) is 2. The van der Waals surface area contributed by atoms with E-state index in [9.17, 15) is 9.59 Å². The van der Waals surface area contributed by atoms with Crippen molar-refractivity contribution in [2.45, 2.75) is 13.0 Å². The second-order valence-corrected chi connectivity index (χ2v) is 5.28. The van der Waals surface area contributed by atoms with Crippen LogP contribution in [-0.2, 0) is 16.1 Å². The number of nitrogens with one attached hydrogen (secondary N) is 2. The van der Waals surface area contributed by atoms with Crippen LogP contribution in [-0.4, -0.2) is 31.7 Å². The minimum atomic E-state index is -0.619. The van der Waals surface area contributed by atoms with Gasteiger partial charge in [0.25, 0.3) is 0 Å². The van der Waals surface area contributed by atoms with E-state index >= 15 is 0 Å². The van der Waals surface area contributed by atoms with Gasteiger partial charge in [-0.2, -0.15) is 0 Å². The van der Waals surface area contributed by atoms with Gasteiger partial charge in [0, 0.05) is 6.54 Å². The number of carbonyl (C=O) groups excluding carboxylic acids is 2. The van der Waals surface area contributed by atoms with Crippen LogP contribution < -0.4 is 15.4 Å². The molecule has 0 atom stereocenters. The fourth-order valence-corrected chi connectivity index (χ4v) is 2.00. The Labute approximate surface area is 147 Å². The van der Waals surface area contributed by atoms with Gasteiger partial charge in [0.05, 0.1) is 13.2 Å². The lowest BCUT2D eigenvalue weighted by Gasteiger charge is -2.09. The Morgan fingerprint density at radius 1 is 0.880 bits per heavy atom. The first-order valence-corrected chi connectivity index (χ1v) is 8.13. The number of carbonyl (C=O) groups is 2. The van der Waals surface area contributed by atoms with Gasteiger partial charge >= 0.3 is 6.09 Å². The number of alkyl carbamates (subject to hydrolysis) is 1. The molecule has 2 aromatic carbocycles. The third-order valence-corrected chi connectivity index (χ3v) is 3.26. The molecule has 0 aliphatic rings. The van der Waals surface area contributed by atoms with Gasteiger partial charge < -0.3 is 20.1 Å². The molecule has 6 nitrogen and oxygen atoms in total. The third-order valence-electron chi connectivity index (χ3n) is 3.26. The minimum Gasteiger partial charge on any atom is -0.494 e. The van der Waals surface area contributed by atoms with E-state index in [4.69, 9.17) is 9.47 Å². The Balaban J connectivity index is 1.49. The third kappa shape index (κ3) is 7.87. The van der Waals surface area contributed by atoms with Crippen molar-refractivity contribution in [1.29, 1.82) is 0 Å². The molecule has 2 rings (SSSR count). The van der Waals surface area contributed by atoms with Crippen LogP contribution >= 0.6 is 0 Å². The van der Waals surface area contributed by atoms with Crippen LogP contribution in [0.3, 0.4) is 0 Å². The molecule has 2 amide bonds. The van der Waals surface area contributed by atoms with E-state index in [1.165, 1.54) is 0 Å². The molecule has 2 aromatic rings. The zero-order chi connectivity index (χ0) is 17.7. The van der Waals surface area contributed by atoms with Gasteiger partial charge in [0.1, 0.15) is 12.4 Å². The molecule has 2 N–H and O–H groups in total. The molecular formula is C19H22N2O4. The van der Waals surface area contributed by atoms with E-state index in [0.29, 0.717) is 19.6 Å². The molecule has 0 saturated heterocycles. The molecule has 0 unspecified atom stereocenters. The first-order chi connectivity index (χ1) is 12.2. The first kappa shape index (κ1) is 18.3. The lowest BCUT2D eigenvalue weighted by atomic mass is 10.2. The standard InChI is InChI=1S/C19H22N2O4/c22-18(20-12-7-13-24-17-10-5-2-6-11-17)14-21-19(23)25-15-16-8-3-1-4-9-16/h1-6,8-11H,7,12-15H2,(H,20,22)(H,21,23). The highest BCUT2D eigenvalue weighted by Gasteiger charge is 2.06. The number of benzene rings is 2. The van der Waals surface area contributed by atoms with Gasteiger partial charge in [-0.3, -0.25) is 4.79 Å². The van der Waals surface area contributed by atoms with E-state index in [2.05, 4.69) is 10.6 Å². The minimum absolute atomic E-state index is 0.118. The topological polar surface area (TPSA) is 76.7 Å². The molecule has 0 saturated carbocycles. The fourth-order valence-electron chi connectivity index (χ4n) is 2.00. The highest BCUT2D eigenvalue weighted by atomic mass is 16.5. The molecule has 0 aromatic heterocycles. The van der Waals surface area contributed by atoms with E-state index in [1.54, 1.807) is 0 Å². The predicted molar refractivity (Wildman–Crippen MR) is 94.2 cm³/mol. The van der Waals surface area contributed by atoms with Gasteiger partial charge in [-0.05, 0) is 24.1 Å². The summed E-state index contributed by atoms with van der Waals surface area (Å²) in [6, 6.07) is 18.8. The average Bonchev–Trinajstić information content (AvgIpc) is 2.66. The maximum atomic E-state index is 11.6. The molecule has 25 heavy (non-hydrogen) atoms. The maximum Gasteiger partial charge on any atom is 0.407 e. The lowest BCUT2D eigenvalue weighted by Crippen LogP contribution is -2.37. The van der Waals surface area contributed by atoms with Crippen LogP contribution in [0.5, 0.6) is 5.75 Å². The van der Waals surface area contributed by atoms with Crippen LogP contribution in [0.1, 0.15) is 12.0 Å². The highest BCUT2D eigenvalue weighted by Crippen LogP contribution is 2.08. The summed E-state index contributed by atoms with van der Waals surface area (Å²) in [6.07, 6.45) is 0.0606. The molecular weight excluding hydrogens is 320 g/mol. The Morgan fingerprint density at radius 2 is 1.56 bits per heavy atom. The number of hydrogen-bond donors (Lipinski definition) is 2. The SMILES string of the molecule is O=C(CNC(=O)OCc1ccccc1)NCCCOc1ccccc1. The quantitative estimate of drug-likeness (QED) is 0.687. The van der Waals surface area contributed by atoms with E-state index in [0.717, 1.165) is 11.3 Å². The number of para-hydroxylation sites is 1. The molecule has 0 aliphatic carbocycles. The molecule has 0 spiro atoms. The first-order valence-electron chi connectivity index (χ1n) is 8.13. The Kier molecular flexibility index (Phi) is 7.84. The summed E-state index contributed by atoms with van der Waals surface area (Å²) in [6.45, 7) is 1.04. The van der Waals surface area contributed by atoms with Crippen molar-refractivity contribution in [1.82, 2.24) is 10.6 Å². The van der Waals surface area contributed by atoms with E-state index in [-0.39, 0.29) is 19.1 Å². The number of hydrogen-bond acceptors (Lipinski definition) is 4. The predicted octanol–water partition coefficient (Wildman–Crippen LogP) is 2.50. The van der Waals surface area contributed by atoms with Gasteiger partial charge in [-0.15, -0.1) is 0 Å². The summed E-state index contributed by atoms with van der Waals surface area (Å²) in [7, 11) is 0. The van der Waals surface area contributed by atoms with Crippen LogP contribution in [0.2, 0.25) is 0 Å². The van der Waals surface area contributed by atoms with Crippen molar-refractivity contribution in [2.24, 2.45) is 0 Å². The van der Waals surface area contributed by atoms with Gasteiger partial charge in [0.15, 0.2) is 0 Å². The zero-order valence-corrected chi connectivity index (χ0v) is 13.9. The zero-order valence-electron chi connectivity index (χ0n) is 13.9. The Hall–Kier alpha value is -3.02. The summed E-state index contributed by atoms with van der Waals surface area (Å²) < 4.78 is 10.5. The molecule has 0 bridgehead atoms. The van der Waals surface area contributed by atoms with Crippen molar-refractivity contribution in [3.8, 4) is 5.75 Å². The van der Waals surface area contributed by atoms with Crippen molar-refractivity contribution in [2.75, 3.05) is 19.7 Å². The molecule has 0 fully saturated rings. The maximum absolute atomic E-state index is 11.6. The normalized spacial score (nSPS) is 9.92. The second-order valence-electron chi connectivity index (χ2n) is 5.28. The van der Waals surface area contributed by atoms with Crippen LogP contribution in [0, 0.1) is 0 Å². The van der Waals surface area contributed by atoms with Gasteiger partial charge in [0.2, 0.25) is 5.91 Å². The Bertz CT molecular complexity index is 647. The molecule has 0 aliphatic heterocycles. The van der Waals surface area contributed by atoms with Crippen LogP contribution in [0.15, 0.2) is 60.7 Å². The molecule has 0 radical (unpaired) electrons. The smallest absolute Gasteiger partial charge is 0.407 e. The second kappa shape index (κ2) is 10.7. The molecule has 132 valence electrons. The van der Waals surface area contributed by atoms with Crippen molar-refractivity contribution >= 4 is 12.0 Å². The molecule has 6 heteroatoms. The van der Waals surface area contributed by atoms with Gasteiger partial charge in [-0.1, -0.05) is 48.5 Å². The number of rotatable bonds is 9. The monoisotopic (exact) mass is 342 g/mol. The van der Waals surface area contributed by atoms with E-state index in [1.807, 2.05) is 60.7 Å². The van der Waals surface area contributed by atoms with Crippen molar-refractivity contribution in [3.63, 3.8) is 0 Å².